The van der Waals surface area contributed by atoms with Gasteiger partial charge in [0.05, 0.1) is 25.3 Å². The summed E-state index contributed by atoms with van der Waals surface area (Å²) < 4.78 is 10.8. The number of carboxylic acid groups (broad SMARTS) is 2. The van der Waals surface area contributed by atoms with Crippen molar-refractivity contribution >= 4 is 30.9 Å². The van der Waals surface area contributed by atoms with Gasteiger partial charge < -0.3 is 35.1 Å². The summed E-state index contributed by atoms with van der Waals surface area (Å²) in [7, 11) is -1.18. The van der Waals surface area contributed by atoms with Crippen molar-refractivity contribution in [1.82, 2.24) is 15.5 Å². The first-order chi connectivity index (χ1) is 13.3. The Hall–Kier alpha value is -2.18. The first kappa shape index (κ1) is 20.6. The predicted molar refractivity (Wildman–Crippen MR) is 94.2 cm³/mol. The zero-order valence-corrected chi connectivity index (χ0v) is 15.4. The van der Waals surface area contributed by atoms with Crippen LogP contribution in [0.3, 0.4) is 0 Å². The van der Waals surface area contributed by atoms with Crippen LogP contribution in [0.25, 0.3) is 0 Å². The molecule has 11 nitrogen and oxygen atoms in total. The number of carbonyl (C=O) groups excluding carboxylic acids is 2. The van der Waals surface area contributed by atoms with Gasteiger partial charge >= 0.3 is 25.0 Å². The van der Waals surface area contributed by atoms with E-state index in [0.29, 0.717) is 19.4 Å². The molecule has 3 rings (SSSR count). The molecule has 28 heavy (non-hydrogen) atoms. The number of likely N-dealkylation sites (tertiary alicyclic amines) is 1. The number of amides is 1. The number of aliphatic carboxylic acids is 2. The van der Waals surface area contributed by atoms with E-state index in [1.165, 1.54) is 0 Å². The molecule has 0 saturated carbocycles. The van der Waals surface area contributed by atoms with Crippen LogP contribution in [0.4, 0.5) is 0 Å². The van der Waals surface area contributed by atoms with Crippen LogP contribution in [0, 0.1) is 0 Å². The van der Waals surface area contributed by atoms with Gasteiger partial charge in [0, 0.05) is 19.1 Å². The molecule has 154 valence electrons. The topological polar surface area (TPSA) is 154 Å². The van der Waals surface area contributed by atoms with Gasteiger partial charge in [-0.3, -0.25) is 19.2 Å². The summed E-state index contributed by atoms with van der Waals surface area (Å²) in [5, 5.41) is 24.5. The molecule has 3 fully saturated rings. The highest BCUT2D eigenvalue weighted by molar-refractivity contribution is 6.51. The van der Waals surface area contributed by atoms with Gasteiger partial charge in [-0.15, -0.1) is 0 Å². The summed E-state index contributed by atoms with van der Waals surface area (Å²) >= 11 is 0. The number of carbonyl (C=O) groups is 4. The lowest BCUT2D eigenvalue weighted by molar-refractivity contribution is -0.157. The molecule has 0 aromatic heterocycles. The minimum absolute atomic E-state index is 0.138. The van der Waals surface area contributed by atoms with Crippen LogP contribution in [0.5, 0.6) is 0 Å². The van der Waals surface area contributed by atoms with Crippen molar-refractivity contribution in [2.75, 3.05) is 26.2 Å². The second kappa shape index (κ2) is 8.45. The van der Waals surface area contributed by atoms with E-state index in [0.717, 1.165) is 19.5 Å². The highest BCUT2D eigenvalue weighted by atomic mass is 16.7. The van der Waals surface area contributed by atoms with Gasteiger partial charge in [0.1, 0.15) is 0 Å². The highest BCUT2D eigenvalue weighted by Gasteiger charge is 2.59. The van der Waals surface area contributed by atoms with E-state index >= 15 is 0 Å². The maximum Gasteiger partial charge on any atom is 0.552 e. The van der Waals surface area contributed by atoms with Crippen molar-refractivity contribution < 1.29 is 38.7 Å². The smallest absolute Gasteiger partial charge is 0.506 e. The van der Waals surface area contributed by atoms with E-state index in [1.54, 1.807) is 4.90 Å². The molecule has 0 bridgehead atoms. The van der Waals surface area contributed by atoms with E-state index in [2.05, 4.69) is 10.6 Å². The monoisotopic (exact) mass is 397 g/mol. The second-order valence-electron chi connectivity index (χ2n) is 7.39. The average Bonchev–Trinajstić information content (AvgIpc) is 3.33. The first-order valence-corrected chi connectivity index (χ1v) is 9.37. The number of carboxylic acids is 2. The maximum absolute atomic E-state index is 12.6. The Balaban J connectivity index is 1.65. The Labute approximate surface area is 161 Å². The molecule has 0 radical (unpaired) electrons. The van der Waals surface area contributed by atoms with Gasteiger partial charge in [-0.1, -0.05) is 0 Å². The van der Waals surface area contributed by atoms with Crippen LogP contribution in [-0.2, 0) is 28.5 Å². The molecule has 0 spiro atoms. The predicted octanol–water partition coefficient (Wildman–Crippen LogP) is -1.78. The van der Waals surface area contributed by atoms with Crippen molar-refractivity contribution in [3.8, 4) is 0 Å². The number of nitrogens with one attached hydrogen (secondary N) is 2. The summed E-state index contributed by atoms with van der Waals surface area (Å²) in [6, 6.07) is 0.226. The SMILES string of the molecule is O=C(O)CC1(CC(=O)O)OB([C@@H]2CCCN2C(=O)CN[C@@H]2CCNC2)OC1=O. The fraction of sp³-hybridized carbons (Fsp3) is 0.750. The third-order valence-electron chi connectivity index (χ3n) is 5.35. The molecule has 0 aliphatic carbocycles. The fourth-order valence-electron chi connectivity index (χ4n) is 3.99. The molecule has 3 saturated heterocycles. The second-order valence-corrected chi connectivity index (χ2v) is 7.39. The van der Waals surface area contributed by atoms with E-state index in [4.69, 9.17) is 19.5 Å². The molecule has 2 atom stereocenters. The molecule has 12 heteroatoms. The summed E-state index contributed by atoms with van der Waals surface area (Å²) in [4.78, 5) is 48.8. The zero-order chi connectivity index (χ0) is 20.3. The summed E-state index contributed by atoms with van der Waals surface area (Å²) in [6.07, 6.45) is 0.512. The number of hydrogen-bond donors (Lipinski definition) is 4. The summed E-state index contributed by atoms with van der Waals surface area (Å²) in [6.45, 7) is 2.31. The third-order valence-corrected chi connectivity index (χ3v) is 5.35. The Morgan fingerprint density at radius 1 is 1.25 bits per heavy atom. The van der Waals surface area contributed by atoms with Crippen molar-refractivity contribution in [2.45, 2.75) is 49.7 Å². The van der Waals surface area contributed by atoms with Crippen LogP contribution < -0.4 is 10.6 Å². The third kappa shape index (κ3) is 4.45. The Kier molecular flexibility index (Phi) is 6.21. The van der Waals surface area contributed by atoms with Crippen LogP contribution in [-0.4, -0.2) is 89.8 Å². The molecule has 4 N–H and O–H groups in total. The van der Waals surface area contributed by atoms with Gasteiger partial charge in [0.2, 0.25) is 5.91 Å². The van der Waals surface area contributed by atoms with Crippen LogP contribution in [0.15, 0.2) is 0 Å². The molecular weight excluding hydrogens is 373 g/mol. The molecule has 1 amide bonds. The lowest BCUT2D eigenvalue weighted by Gasteiger charge is -2.27. The Morgan fingerprint density at radius 3 is 2.57 bits per heavy atom. The van der Waals surface area contributed by atoms with Crippen LogP contribution >= 0.6 is 0 Å². The highest BCUT2D eigenvalue weighted by Crippen LogP contribution is 2.34. The lowest BCUT2D eigenvalue weighted by Crippen LogP contribution is -2.51. The van der Waals surface area contributed by atoms with E-state index < -0.39 is 49.4 Å². The molecular formula is C16H24BN3O8. The summed E-state index contributed by atoms with van der Waals surface area (Å²) in [5.74, 6) is -4.48. The molecule has 3 aliphatic heterocycles. The molecule has 3 aliphatic rings. The normalized spacial score (nSPS) is 26.5. The Morgan fingerprint density at radius 2 is 1.96 bits per heavy atom. The minimum Gasteiger partial charge on any atom is -0.506 e. The molecule has 0 aromatic rings. The molecule has 0 unspecified atom stereocenters. The van der Waals surface area contributed by atoms with Gasteiger partial charge in [0.25, 0.3) is 0 Å². The van der Waals surface area contributed by atoms with E-state index in [9.17, 15) is 19.2 Å². The van der Waals surface area contributed by atoms with Gasteiger partial charge in [0.15, 0.2) is 5.60 Å². The number of hydrogen-bond acceptors (Lipinski definition) is 8. The zero-order valence-electron chi connectivity index (χ0n) is 15.4. The quantitative estimate of drug-likeness (QED) is 0.346. The first-order valence-electron chi connectivity index (χ1n) is 9.37. The van der Waals surface area contributed by atoms with Gasteiger partial charge in [-0.25, -0.2) is 0 Å². The van der Waals surface area contributed by atoms with Gasteiger partial charge in [-0.05, 0) is 25.8 Å². The van der Waals surface area contributed by atoms with E-state index in [-0.39, 0.29) is 18.5 Å². The largest absolute Gasteiger partial charge is 0.552 e. The van der Waals surface area contributed by atoms with Crippen LogP contribution in [0.2, 0.25) is 0 Å². The van der Waals surface area contributed by atoms with Crippen molar-refractivity contribution in [2.24, 2.45) is 0 Å². The standard InChI is InChI=1S/C16H24BN3O8/c21-12(9-19-10-3-4-18-8-10)20-5-1-2-11(20)17-27-15(26)16(28-17,6-13(22)23)7-14(24)25/h10-11,18-19H,1-9H2,(H,22,23)(H,24,25)/t10-,11+/m1/s1. The Bertz CT molecular complexity index is 638. The van der Waals surface area contributed by atoms with Crippen molar-refractivity contribution in [3.05, 3.63) is 0 Å². The minimum atomic E-state index is -2.08. The average molecular weight is 397 g/mol. The maximum atomic E-state index is 12.6. The van der Waals surface area contributed by atoms with E-state index in [1.807, 2.05) is 0 Å². The molecule has 3 heterocycles. The van der Waals surface area contributed by atoms with Crippen molar-refractivity contribution in [3.63, 3.8) is 0 Å². The van der Waals surface area contributed by atoms with Crippen molar-refractivity contribution in [1.29, 1.82) is 0 Å². The molecule has 0 aromatic carbocycles. The fourth-order valence-corrected chi connectivity index (χ4v) is 3.99. The number of rotatable bonds is 8. The van der Waals surface area contributed by atoms with Crippen LogP contribution in [0.1, 0.15) is 32.1 Å². The summed E-state index contributed by atoms with van der Waals surface area (Å²) in [5.41, 5.74) is -2.08. The number of nitrogens with zero attached hydrogens (tertiary/aromatic N) is 1. The van der Waals surface area contributed by atoms with Gasteiger partial charge in [-0.2, -0.15) is 0 Å². The lowest BCUT2D eigenvalue weighted by atomic mass is 9.76.